The number of anilines is 1. The molecule has 1 saturated heterocycles. The topological polar surface area (TPSA) is 66.4 Å². The second kappa shape index (κ2) is 7.70. The second-order valence-corrected chi connectivity index (χ2v) is 7.73. The second-order valence-electron chi connectivity index (χ2n) is 7.73. The number of likely N-dealkylation sites (tertiary alicyclic amines) is 1. The lowest BCUT2D eigenvalue weighted by Crippen LogP contribution is -2.29. The van der Waals surface area contributed by atoms with E-state index in [0.717, 1.165) is 48.7 Å². The van der Waals surface area contributed by atoms with Crippen LogP contribution in [-0.2, 0) is 22.4 Å². The van der Waals surface area contributed by atoms with Gasteiger partial charge in [-0.1, -0.05) is 30.3 Å². The number of rotatable bonds is 5. The van der Waals surface area contributed by atoms with Crippen molar-refractivity contribution in [1.29, 1.82) is 0 Å². The molecule has 1 aromatic carbocycles. The van der Waals surface area contributed by atoms with Crippen LogP contribution >= 0.6 is 0 Å². The molecule has 1 aromatic heterocycles. The molecule has 0 spiro atoms. The van der Waals surface area contributed by atoms with Gasteiger partial charge in [0.1, 0.15) is 11.6 Å². The van der Waals surface area contributed by atoms with Gasteiger partial charge in [0, 0.05) is 43.7 Å². The predicted molar refractivity (Wildman–Crippen MR) is 107 cm³/mol. The van der Waals surface area contributed by atoms with Gasteiger partial charge < -0.3 is 4.90 Å². The number of benzene rings is 1. The van der Waals surface area contributed by atoms with Crippen molar-refractivity contribution in [3.05, 3.63) is 53.0 Å². The summed E-state index contributed by atoms with van der Waals surface area (Å²) in [7, 11) is 0. The zero-order valence-corrected chi connectivity index (χ0v) is 16.5. The molecular formula is C22H26N4O2. The maximum atomic E-state index is 12.6. The summed E-state index contributed by atoms with van der Waals surface area (Å²) in [5, 5.41) is 0. The van der Waals surface area contributed by atoms with Crippen molar-refractivity contribution >= 4 is 17.6 Å². The van der Waals surface area contributed by atoms with E-state index in [1.165, 1.54) is 5.56 Å². The van der Waals surface area contributed by atoms with Gasteiger partial charge in [-0.25, -0.2) is 9.97 Å². The molecule has 0 N–H and O–H groups in total. The number of nitrogens with zero attached hydrogens (tertiary/aromatic N) is 4. The van der Waals surface area contributed by atoms with Crippen LogP contribution in [0, 0.1) is 6.92 Å². The molecule has 4 rings (SSSR count). The summed E-state index contributed by atoms with van der Waals surface area (Å²) < 4.78 is 0. The maximum Gasteiger partial charge on any atom is 0.232 e. The van der Waals surface area contributed by atoms with Gasteiger partial charge in [0.25, 0.3) is 0 Å². The van der Waals surface area contributed by atoms with E-state index in [9.17, 15) is 9.59 Å². The standard InChI is InChI=1S/C22H26N4O2/c1-15-19-13-20(28)26(11-6-9-17-7-4-3-5-8-17)22(19)24-21(23-15)18-10-12-25(14-18)16(2)27/h3-5,7-8,18H,6,9-14H2,1-2H3/t18-/m0/s1. The number of carbonyl (C=O) groups excluding carboxylic acids is 2. The minimum Gasteiger partial charge on any atom is -0.342 e. The van der Waals surface area contributed by atoms with Crippen LogP contribution < -0.4 is 4.90 Å². The molecule has 6 heteroatoms. The zero-order chi connectivity index (χ0) is 19.7. The van der Waals surface area contributed by atoms with Crippen molar-refractivity contribution in [2.45, 2.75) is 45.4 Å². The van der Waals surface area contributed by atoms with Gasteiger partial charge in [-0.15, -0.1) is 0 Å². The number of hydrogen-bond donors (Lipinski definition) is 0. The van der Waals surface area contributed by atoms with E-state index >= 15 is 0 Å². The Morgan fingerprint density at radius 1 is 1.21 bits per heavy atom. The van der Waals surface area contributed by atoms with E-state index in [2.05, 4.69) is 17.1 Å². The maximum absolute atomic E-state index is 12.6. The normalized spacial score (nSPS) is 18.6. The van der Waals surface area contributed by atoms with Crippen LogP contribution in [0.25, 0.3) is 0 Å². The van der Waals surface area contributed by atoms with Crippen LogP contribution in [0.5, 0.6) is 0 Å². The number of amides is 2. The van der Waals surface area contributed by atoms with Gasteiger partial charge in [0.2, 0.25) is 11.8 Å². The van der Waals surface area contributed by atoms with E-state index in [-0.39, 0.29) is 17.7 Å². The Balaban J connectivity index is 1.50. The van der Waals surface area contributed by atoms with E-state index in [0.29, 0.717) is 19.5 Å². The largest absolute Gasteiger partial charge is 0.342 e. The Bertz CT molecular complexity index is 897. The number of aromatic nitrogens is 2. The Hall–Kier alpha value is -2.76. The zero-order valence-electron chi connectivity index (χ0n) is 16.5. The fourth-order valence-corrected chi connectivity index (χ4v) is 4.15. The SMILES string of the molecule is CC(=O)N1CC[C@H](c2nc(C)c3c(n2)N(CCCc2ccccc2)C(=O)C3)C1. The summed E-state index contributed by atoms with van der Waals surface area (Å²) in [5.41, 5.74) is 3.12. The molecule has 2 aliphatic rings. The molecule has 0 radical (unpaired) electrons. The van der Waals surface area contributed by atoms with Crippen LogP contribution in [0.4, 0.5) is 5.82 Å². The molecule has 6 nitrogen and oxygen atoms in total. The highest BCUT2D eigenvalue weighted by molar-refractivity contribution is 6.00. The lowest BCUT2D eigenvalue weighted by Gasteiger charge is -2.19. The molecule has 0 saturated carbocycles. The number of carbonyl (C=O) groups is 2. The Labute approximate surface area is 165 Å². The Morgan fingerprint density at radius 2 is 2.00 bits per heavy atom. The minimum atomic E-state index is 0.0955. The van der Waals surface area contributed by atoms with Crippen LogP contribution in [0.2, 0.25) is 0 Å². The van der Waals surface area contributed by atoms with Crippen molar-refractivity contribution in [1.82, 2.24) is 14.9 Å². The first-order valence-electron chi connectivity index (χ1n) is 10.00. The first-order chi connectivity index (χ1) is 13.5. The molecule has 2 amide bonds. The molecule has 28 heavy (non-hydrogen) atoms. The molecule has 2 aliphatic heterocycles. The van der Waals surface area contributed by atoms with Crippen LogP contribution in [-0.4, -0.2) is 46.3 Å². The van der Waals surface area contributed by atoms with Gasteiger partial charge in [0.15, 0.2) is 0 Å². The lowest BCUT2D eigenvalue weighted by molar-refractivity contribution is -0.127. The van der Waals surface area contributed by atoms with E-state index in [1.54, 1.807) is 6.92 Å². The summed E-state index contributed by atoms with van der Waals surface area (Å²) in [6.45, 7) is 5.64. The molecule has 0 aliphatic carbocycles. The number of hydrogen-bond acceptors (Lipinski definition) is 4. The van der Waals surface area contributed by atoms with Gasteiger partial charge >= 0.3 is 0 Å². The summed E-state index contributed by atoms with van der Waals surface area (Å²) in [6, 6.07) is 10.3. The van der Waals surface area contributed by atoms with Crippen molar-refractivity contribution in [2.75, 3.05) is 24.5 Å². The van der Waals surface area contributed by atoms with Crippen LogP contribution in [0.15, 0.2) is 30.3 Å². The van der Waals surface area contributed by atoms with Crippen molar-refractivity contribution < 1.29 is 9.59 Å². The van der Waals surface area contributed by atoms with E-state index in [1.807, 2.05) is 34.9 Å². The smallest absolute Gasteiger partial charge is 0.232 e. The minimum absolute atomic E-state index is 0.0955. The molecule has 146 valence electrons. The first kappa shape index (κ1) is 18.6. The average Bonchev–Trinajstić information content (AvgIpc) is 3.29. The molecule has 1 fully saturated rings. The third kappa shape index (κ3) is 3.63. The Kier molecular flexibility index (Phi) is 5.11. The quantitative estimate of drug-likeness (QED) is 0.802. The molecule has 0 unspecified atom stereocenters. The van der Waals surface area contributed by atoms with Crippen molar-refractivity contribution in [3.8, 4) is 0 Å². The molecular weight excluding hydrogens is 352 g/mol. The highest BCUT2D eigenvalue weighted by atomic mass is 16.2. The van der Waals surface area contributed by atoms with Gasteiger partial charge in [-0.2, -0.15) is 0 Å². The summed E-state index contributed by atoms with van der Waals surface area (Å²) in [6.07, 6.45) is 3.10. The Morgan fingerprint density at radius 3 is 2.71 bits per heavy atom. The predicted octanol–water partition coefficient (Wildman–Crippen LogP) is 2.64. The number of fused-ring (bicyclic) bond motifs is 1. The third-order valence-electron chi connectivity index (χ3n) is 5.78. The molecule has 2 aromatic rings. The average molecular weight is 378 g/mol. The van der Waals surface area contributed by atoms with Crippen LogP contribution in [0.1, 0.15) is 48.3 Å². The van der Waals surface area contributed by atoms with Crippen molar-refractivity contribution in [3.63, 3.8) is 0 Å². The summed E-state index contributed by atoms with van der Waals surface area (Å²) >= 11 is 0. The lowest BCUT2D eigenvalue weighted by atomic mass is 10.1. The van der Waals surface area contributed by atoms with E-state index in [4.69, 9.17) is 4.98 Å². The summed E-state index contributed by atoms with van der Waals surface area (Å²) in [4.78, 5) is 37.4. The molecule has 3 heterocycles. The first-order valence-corrected chi connectivity index (χ1v) is 10.00. The monoisotopic (exact) mass is 378 g/mol. The van der Waals surface area contributed by atoms with Gasteiger partial charge in [-0.3, -0.25) is 14.5 Å². The van der Waals surface area contributed by atoms with E-state index < -0.39 is 0 Å². The third-order valence-corrected chi connectivity index (χ3v) is 5.78. The summed E-state index contributed by atoms with van der Waals surface area (Å²) in [5.74, 6) is 1.90. The molecule has 1 atom stereocenters. The number of aryl methyl sites for hydroxylation is 2. The van der Waals surface area contributed by atoms with Crippen molar-refractivity contribution in [2.24, 2.45) is 0 Å². The van der Waals surface area contributed by atoms with Gasteiger partial charge in [0.05, 0.1) is 6.42 Å². The highest BCUT2D eigenvalue weighted by Crippen LogP contribution is 2.33. The van der Waals surface area contributed by atoms with Crippen LogP contribution in [0.3, 0.4) is 0 Å². The molecule has 0 bridgehead atoms. The fraction of sp³-hybridized carbons (Fsp3) is 0.455. The van der Waals surface area contributed by atoms with Gasteiger partial charge in [-0.05, 0) is 31.7 Å². The fourth-order valence-electron chi connectivity index (χ4n) is 4.15. The highest BCUT2D eigenvalue weighted by Gasteiger charge is 2.34.